The zero-order valence-corrected chi connectivity index (χ0v) is 15.2. The van der Waals surface area contributed by atoms with Gasteiger partial charge in [-0.05, 0) is 24.6 Å². The van der Waals surface area contributed by atoms with Crippen molar-refractivity contribution in [2.24, 2.45) is 0 Å². The van der Waals surface area contributed by atoms with Gasteiger partial charge in [-0.15, -0.1) is 0 Å². The lowest BCUT2D eigenvalue weighted by molar-refractivity contribution is -0.384. The number of carbonyl (C=O) groups is 2. The van der Waals surface area contributed by atoms with Gasteiger partial charge in [0.1, 0.15) is 11.5 Å². The van der Waals surface area contributed by atoms with Crippen LogP contribution in [-0.2, 0) is 9.59 Å². The van der Waals surface area contributed by atoms with Gasteiger partial charge in [0.25, 0.3) is 11.6 Å². The van der Waals surface area contributed by atoms with Crippen LogP contribution in [-0.4, -0.2) is 37.0 Å². The Balaban J connectivity index is 1.64. The molecule has 2 aromatic rings. The second-order valence-corrected chi connectivity index (χ2v) is 6.12. The van der Waals surface area contributed by atoms with Crippen LogP contribution >= 0.6 is 0 Å². The van der Waals surface area contributed by atoms with Gasteiger partial charge in [-0.25, -0.2) is 0 Å². The van der Waals surface area contributed by atoms with E-state index in [1.807, 2.05) is 6.07 Å². The average molecular weight is 385 g/mol. The summed E-state index contributed by atoms with van der Waals surface area (Å²) in [5.74, 6) is 0.306. The molecular weight excluding hydrogens is 366 g/mol. The standard InChI is InChI=1S/C19H19N3O6/c1-27-17-8-7-14(22(25)26)11-16(17)20-18(23)12-28-15-5-2-4-13(10-15)21-9-3-6-19(21)24/h2,4-5,7-8,10-11H,3,6,9,12H2,1H3,(H,20,23). The number of benzene rings is 2. The molecule has 1 N–H and O–H groups in total. The van der Waals surface area contributed by atoms with Gasteiger partial charge in [-0.3, -0.25) is 19.7 Å². The van der Waals surface area contributed by atoms with E-state index < -0.39 is 10.8 Å². The maximum absolute atomic E-state index is 12.2. The van der Waals surface area contributed by atoms with Gasteiger partial charge < -0.3 is 19.7 Å². The fourth-order valence-electron chi connectivity index (χ4n) is 2.90. The van der Waals surface area contributed by atoms with Gasteiger partial charge in [0.2, 0.25) is 5.91 Å². The summed E-state index contributed by atoms with van der Waals surface area (Å²) in [6.45, 7) is 0.360. The second-order valence-electron chi connectivity index (χ2n) is 6.12. The highest BCUT2D eigenvalue weighted by Gasteiger charge is 2.22. The molecule has 0 aromatic heterocycles. The van der Waals surface area contributed by atoms with Gasteiger partial charge in [0.05, 0.1) is 17.7 Å². The third-order valence-corrected chi connectivity index (χ3v) is 4.24. The average Bonchev–Trinajstić information content (AvgIpc) is 3.12. The lowest BCUT2D eigenvalue weighted by atomic mass is 10.2. The fraction of sp³-hybridized carbons (Fsp3) is 0.263. The number of nitro groups is 1. The van der Waals surface area contributed by atoms with E-state index in [1.165, 1.54) is 25.3 Å². The number of hydrogen-bond acceptors (Lipinski definition) is 6. The summed E-state index contributed by atoms with van der Waals surface area (Å²) in [6.07, 6.45) is 1.34. The zero-order chi connectivity index (χ0) is 20.1. The van der Waals surface area contributed by atoms with Gasteiger partial charge >= 0.3 is 0 Å². The Morgan fingerprint density at radius 2 is 2.11 bits per heavy atom. The number of rotatable bonds is 7. The number of amides is 2. The number of nitrogens with zero attached hydrogens (tertiary/aromatic N) is 2. The van der Waals surface area contributed by atoms with Crippen LogP contribution in [0.5, 0.6) is 11.5 Å². The van der Waals surface area contributed by atoms with Crippen LogP contribution in [0.3, 0.4) is 0 Å². The van der Waals surface area contributed by atoms with Crippen molar-refractivity contribution in [2.75, 3.05) is 30.5 Å². The largest absolute Gasteiger partial charge is 0.495 e. The Morgan fingerprint density at radius 1 is 1.29 bits per heavy atom. The van der Waals surface area contributed by atoms with Crippen LogP contribution in [0.2, 0.25) is 0 Å². The Morgan fingerprint density at radius 3 is 2.79 bits per heavy atom. The SMILES string of the molecule is COc1ccc([N+](=O)[O-])cc1NC(=O)COc1cccc(N2CCCC2=O)c1. The summed E-state index contributed by atoms with van der Waals surface area (Å²) >= 11 is 0. The first-order valence-electron chi connectivity index (χ1n) is 8.63. The Kier molecular flexibility index (Phi) is 5.73. The first-order chi connectivity index (χ1) is 13.5. The summed E-state index contributed by atoms with van der Waals surface area (Å²) in [7, 11) is 1.40. The molecule has 28 heavy (non-hydrogen) atoms. The molecule has 1 fully saturated rings. The highest BCUT2D eigenvalue weighted by Crippen LogP contribution is 2.29. The summed E-state index contributed by atoms with van der Waals surface area (Å²) in [6, 6.07) is 10.9. The molecule has 1 heterocycles. The molecule has 1 saturated heterocycles. The molecule has 146 valence electrons. The highest BCUT2D eigenvalue weighted by molar-refractivity contribution is 5.95. The number of nitrogens with one attached hydrogen (secondary N) is 1. The van der Waals surface area contributed by atoms with Gasteiger partial charge in [-0.2, -0.15) is 0 Å². The molecule has 2 amide bonds. The topological polar surface area (TPSA) is 111 Å². The van der Waals surface area contributed by atoms with Crippen LogP contribution in [0.15, 0.2) is 42.5 Å². The smallest absolute Gasteiger partial charge is 0.271 e. The van der Waals surface area contributed by atoms with Gasteiger partial charge in [0.15, 0.2) is 6.61 Å². The number of methoxy groups -OCH3 is 1. The van der Waals surface area contributed by atoms with Crippen molar-refractivity contribution in [3.63, 3.8) is 0 Å². The van der Waals surface area contributed by atoms with E-state index in [-0.39, 0.29) is 23.9 Å². The maximum Gasteiger partial charge on any atom is 0.271 e. The molecule has 0 bridgehead atoms. The minimum absolute atomic E-state index is 0.0626. The van der Waals surface area contributed by atoms with Crippen molar-refractivity contribution in [2.45, 2.75) is 12.8 Å². The summed E-state index contributed by atoms with van der Waals surface area (Å²) in [5.41, 5.74) is 0.738. The third-order valence-electron chi connectivity index (χ3n) is 4.24. The summed E-state index contributed by atoms with van der Waals surface area (Å²) in [4.78, 5) is 36.1. The molecule has 0 aliphatic carbocycles. The monoisotopic (exact) mass is 385 g/mol. The molecule has 0 saturated carbocycles. The predicted octanol–water partition coefficient (Wildman–Crippen LogP) is 2.75. The molecule has 0 atom stereocenters. The minimum atomic E-state index is -0.559. The van der Waals surface area contributed by atoms with E-state index in [0.29, 0.717) is 24.5 Å². The number of anilines is 2. The van der Waals surface area contributed by atoms with E-state index in [0.717, 1.165) is 12.1 Å². The molecule has 0 unspecified atom stereocenters. The minimum Gasteiger partial charge on any atom is -0.495 e. The van der Waals surface area contributed by atoms with Crippen LogP contribution in [0.1, 0.15) is 12.8 Å². The summed E-state index contributed by atoms with van der Waals surface area (Å²) in [5, 5.41) is 13.5. The van der Waals surface area contributed by atoms with E-state index >= 15 is 0 Å². The number of hydrogen-bond donors (Lipinski definition) is 1. The number of non-ortho nitro benzene ring substituents is 1. The van der Waals surface area contributed by atoms with Crippen molar-refractivity contribution in [1.29, 1.82) is 0 Å². The van der Waals surface area contributed by atoms with Gasteiger partial charge in [-0.1, -0.05) is 6.07 Å². The predicted molar refractivity (Wildman–Crippen MR) is 102 cm³/mol. The maximum atomic E-state index is 12.2. The Hall–Kier alpha value is -3.62. The Bertz CT molecular complexity index is 914. The van der Waals surface area contributed by atoms with Crippen molar-refractivity contribution in [1.82, 2.24) is 0 Å². The highest BCUT2D eigenvalue weighted by atomic mass is 16.6. The molecule has 1 aliphatic heterocycles. The molecule has 1 aliphatic rings. The number of ether oxygens (including phenoxy) is 2. The van der Waals surface area contributed by atoms with Gasteiger partial charge in [0, 0.05) is 36.9 Å². The number of nitro benzene ring substituents is 1. The first kappa shape index (κ1) is 19.2. The third kappa shape index (κ3) is 4.37. The molecule has 3 rings (SSSR count). The van der Waals surface area contributed by atoms with E-state index in [1.54, 1.807) is 23.1 Å². The lowest BCUT2D eigenvalue weighted by Crippen LogP contribution is -2.24. The van der Waals surface area contributed by atoms with Crippen LogP contribution in [0, 0.1) is 10.1 Å². The quantitative estimate of drug-likeness (QED) is 0.579. The molecule has 0 radical (unpaired) electrons. The van der Waals surface area contributed by atoms with Crippen molar-refractivity contribution >= 4 is 28.9 Å². The van der Waals surface area contributed by atoms with Crippen LogP contribution in [0.25, 0.3) is 0 Å². The second kappa shape index (κ2) is 8.38. The van der Waals surface area contributed by atoms with Crippen molar-refractivity contribution < 1.29 is 24.0 Å². The zero-order valence-electron chi connectivity index (χ0n) is 15.2. The van der Waals surface area contributed by atoms with E-state index in [2.05, 4.69) is 5.32 Å². The molecule has 9 nitrogen and oxygen atoms in total. The normalized spacial score (nSPS) is 13.3. The number of carbonyl (C=O) groups excluding carboxylic acids is 2. The molecule has 0 spiro atoms. The van der Waals surface area contributed by atoms with Crippen molar-refractivity contribution in [3.05, 3.63) is 52.6 Å². The first-order valence-corrected chi connectivity index (χ1v) is 8.63. The van der Waals surface area contributed by atoms with E-state index in [9.17, 15) is 19.7 Å². The van der Waals surface area contributed by atoms with Crippen LogP contribution in [0.4, 0.5) is 17.1 Å². The Labute approximate surface area is 161 Å². The molecule has 2 aromatic carbocycles. The van der Waals surface area contributed by atoms with Crippen molar-refractivity contribution in [3.8, 4) is 11.5 Å². The lowest BCUT2D eigenvalue weighted by Gasteiger charge is -2.16. The van der Waals surface area contributed by atoms with Crippen LogP contribution < -0.4 is 19.7 Å². The molecular formula is C19H19N3O6. The molecule has 9 heteroatoms. The fourth-order valence-corrected chi connectivity index (χ4v) is 2.90. The summed E-state index contributed by atoms with van der Waals surface area (Å²) < 4.78 is 10.6. The van der Waals surface area contributed by atoms with E-state index in [4.69, 9.17) is 9.47 Å².